The van der Waals surface area contributed by atoms with E-state index < -0.39 is 0 Å². The quantitative estimate of drug-likeness (QED) is 0.199. The highest BCUT2D eigenvalue weighted by atomic mass is 16.6. The zero-order valence-corrected chi connectivity index (χ0v) is 20.8. The van der Waals surface area contributed by atoms with Gasteiger partial charge in [0.1, 0.15) is 24.4 Å². The summed E-state index contributed by atoms with van der Waals surface area (Å²) in [5, 5.41) is 0. The Bertz CT molecular complexity index is 1730. The van der Waals surface area contributed by atoms with E-state index in [9.17, 15) is 0 Å². The highest BCUT2D eigenvalue weighted by Crippen LogP contribution is 2.63. The Morgan fingerprint density at radius 3 is 0.825 bits per heavy atom. The summed E-state index contributed by atoms with van der Waals surface area (Å²) in [6, 6.07) is 28.4. The predicted octanol–water partition coefficient (Wildman–Crippen LogP) is 8.53. The molecule has 0 N–H and O–H groups in total. The number of rotatable bonds is 0. The van der Waals surface area contributed by atoms with Gasteiger partial charge >= 0.3 is 0 Å². The molecule has 0 saturated heterocycles. The maximum absolute atomic E-state index is 6.58. The molecule has 4 bridgehead atoms. The fraction of sp³-hybridized carbons (Fsp3) is 0.118. The standard InChI is InChI=1S/C34H18O6/c1-2-6-24-23(5-1)35-27-11-19-20(12-28(27)36-24)32-16-10-18-17(9-15(16)31(19)39-32)33-21-13-29-30(14-22(21)34(18)40-33)38-26-8-4-3-7-25(26)37-29/h1-14,31-34H. The third-order valence-electron chi connectivity index (χ3n) is 8.97. The minimum atomic E-state index is -0.137. The van der Waals surface area contributed by atoms with E-state index in [1.807, 2.05) is 48.5 Å². The van der Waals surface area contributed by atoms with Gasteiger partial charge in [-0.2, -0.15) is 0 Å². The molecule has 6 nitrogen and oxygen atoms in total. The van der Waals surface area contributed by atoms with Crippen LogP contribution in [-0.2, 0) is 9.47 Å². The molecule has 0 radical (unpaired) electrons. The zero-order valence-electron chi connectivity index (χ0n) is 20.8. The van der Waals surface area contributed by atoms with Crippen LogP contribution in [0.3, 0.4) is 0 Å². The number of hydrogen-bond donors (Lipinski definition) is 0. The number of ether oxygens (including phenoxy) is 6. The highest BCUT2D eigenvalue weighted by Gasteiger charge is 2.49. The Hall–Kier alpha value is -4.78. The topological polar surface area (TPSA) is 55.4 Å². The van der Waals surface area contributed by atoms with Gasteiger partial charge in [-0.15, -0.1) is 0 Å². The van der Waals surface area contributed by atoms with Crippen molar-refractivity contribution in [3.05, 3.63) is 129 Å². The molecule has 0 aromatic heterocycles. The van der Waals surface area contributed by atoms with Crippen LogP contribution < -0.4 is 18.9 Å². The molecule has 11 rings (SSSR count). The maximum Gasteiger partial charge on any atom is 0.170 e. The van der Waals surface area contributed by atoms with Gasteiger partial charge in [0.25, 0.3) is 0 Å². The van der Waals surface area contributed by atoms with Gasteiger partial charge in [0.15, 0.2) is 46.0 Å². The second-order valence-corrected chi connectivity index (χ2v) is 11.1. The van der Waals surface area contributed by atoms with Crippen LogP contribution in [0.5, 0.6) is 46.0 Å². The van der Waals surface area contributed by atoms with Gasteiger partial charge in [-0.3, -0.25) is 0 Å². The molecule has 0 fully saturated rings. The van der Waals surface area contributed by atoms with E-state index in [0.717, 1.165) is 68.2 Å². The van der Waals surface area contributed by atoms with Crippen molar-refractivity contribution in [2.45, 2.75) is 24.4 Å². The van der Waals surface area contributed by atoms with E-state index in [-0.39, 0.29) is 24.4 Å². The largest absolute Gasteiger partial charge is 0.450 e. The number of hydrogen-bond acceptors (Lipinski definition) is 6. The summed E-state index contributed by atoms with van der Waals surface area (Å²) >= 11 is 0. The molecule has 6 heteroatoms. The van der Waals surface area contributed by atoms with Crippen molar-refractivity contribution in [3.8, 4) is 46.0 Å². The van der Waals surface area contributed by atoms with Gasteiger partial charge in [0.2, 0.25) is 0 Å². The molecule has 6 heterocycles. The molecule has 6 aliphatic heterocycles. The molecule has 0 saturated carbocycles. The lowest BCUT2D eigenvalue weighted by Gasteiger charge is -2.26. The lowest BCUT2D eigenvalue weighted by Crippen LogP contribution is -2.10. The van der Waals surface area contributed by atoms with Crippen LogP contribution in [0.15, 0.2) is 84.9 Å². The van der Waals surface area contributed by atoms with E-state index >= 15 is 0 Å². The van der Waals surface area contributed by atoms with Gasteiger partial charge in [0, 0.05) is 0 Å². The first-order valence-corrected chi connectivity index (χ1v) is 13.5. The summed E-state index contributed by atoms with van der Waals surface area (Å²) in [5.41, 5.74) is 9.39. The SMILES string of the molecule is c1ccc2c(c1)Oc1cc3c(cc1O2)C1OC3c2cc3c(cc21)C1OC3c2cc3c(cc21)Oc1ccccc1O3. The maximum atomic E-state index is 6.58. The predicted molar refractivity (Wildman–Crippen MR) is 142 cm³/mol. The Morgan fingerprint density at radius 1 is 0.300 bits per heavy atom. The van der Waals surface area contributed by atoms with Crippen molar-refractivity contribution in [2.24, 2.45) is 0 Å². The molecule has 0 spiro atoms. The first-order valence-electron chi connectivity index (χ1n) is 13.5. The molecule has 4 unspecified atom stereocenters. The molecular formula is C34H18O6. The molecule has 0 amide bonds. The van der Waals surface area contributed by atoms with E-state index in [0.29, 0.717) is 0 Å². The Balaban J connectivity index is 0.995. The Kier molecular flexibility index (Phi) is 3.37. The number of benzene rings is 5. The van der Waals surface area contributed by atoms with Gasteiger partial charge < -0.3 is 28.4 Å². The molecule has 0 aliphatic carbocycles. The van der Waals surface area contributed by atoms with Crippen molar-refractivity contribution in [3.63, 3.8) is 0 Å². The lowest BCUT2D eigenvalue weighted by molar-refractivity contribution is 0.0818. The summed E-state index contributed by atoms with van der Waals surface area (Å²) in [4.78, 5) is 0. The van der Waals surface area contributed by atoms with Crippen molar-refractivity contribution in [1.29, 1.82) is 0 Å². The van der Waals surface area contributed by atoms with E-state index in [4.69, 9.17) is 28.4 Å². The molecule has 5 aromatic carbocycles. The Labute approximate surface area is 228 Å². The van der Waals surface area contributed by atoms with Crippen molar-refractivity contribution in [2.75, 3.05) is 0 Å². The Morgan fingerprint density at radius 2 is 0.550 bits per heavy atom. The van der Waals surface area contributed by atoms with Crippen LogP contribution >= 0.6 is 0 Å². The van der Waals surface area contributed by atoms with E-state index in [1.165, 1.54) is 22.3 Å². The minimum absolute atomic E-state index is 0.137. The summed E-state index contributed by atoms with van der Waals surface area (Å²) in [5.74, 6) is 5.80. The fourth-order valence-electron chi connectivity index (χ4n) is 7.23. The van der Waals surface area contributed by atoms with Crippen LogP contribution in [-0.4, -0.2) is 0 Å². The second-order valence-electron chi connectivity index (χ2n) is 11.1. The average molecular weight is 523 g/mol. The first kappa shape index (κ1) is 20.2. The third kappa shape index (κ3) is 2.35. The number of fused-ring (bicyclic) bond motifs is 20. The van der Waals surface area contributed by atoms with Crippen molar-refractivity contribution >= 4 is 0 Å². The van der Waals surface area contributed by atoms with Crippen LogP contribution in [0.25, 0.3) is 0 Å². The minimum Gasteiger partial charge on any atom is -0.450 e. The van der Waals surface area contributed by atoms with Crippen LogP contribution in [0.1, 0.15) is 68.9 Å². The lowest BCUT2D eigenvalue weighted by atomic mass is 9.79. The zero-order chi connectivity index (χ0) is 25.7. The molecule has 40 heavy (non-hydrogen) atoms. The molecule has 6 aliphatic rings. The van der Waals surface area contributed by atoms with E-state index in [2.05, 4.69) is 36.4 Å². The first-order chi connectivity index (χ1) is 19.8. The van der Waals surface area contributed by atoms with Gasteiger partial charge in [-0.1, -0.05) is 24.3 Å². The van der Waals surface area contributed by atoms with Crippen LogP contribution in [0.2, 0.25) is 0 Å². The second kappa shape index (κ2) is 6.67. The van der Waals surface area contributed by atoms with E-state index in [1.54, 1.807) is 0 Å². The van der Waals surface area contributed by atoms with Crippen LogP contribution in [0.4, 0.5) is 0 Å². The van der Waals surface area contributed by atoms with Gasteiger partial charge in [-0.05, 0) is 105 Å². The third-order valence-corrected chi connectivity index (χ3v) is 8.97. The fourth-order valence-corrected chi connectivity index (χ4v) is 7.23. The molecule has 5 aromatic rings. The summed E-state index contributed by atoms with van der Waals surface area (Å²) < 4.78 is 37.9. The molecule has 4 atom stereocenters. The van der Waals surface area contributed by atoms with Crippen molar-refractivity contribution in [1.82, 2.24) is 0 Å². The normalized spacial score (nSPS) is 23.6. The van der Waals surface area contributed by atoms with Crippen molar-refractivity contribution < 1.29 is 28.4 Å². The summed E-state index contributed by atoms with van der Waals surface area (Å²) in [7, 11) is 0. The highest BCUT2D eigenvalue weighted by molar-refractivity contribution is 5.68. The van der Waals surface area contributed by atoms with Crippen LogP contribution in [0, 0.1) is 0 Å². The summed E-state index contributed by atoms with van der Waals surface area (Å²) in [6.45, 7) is 0. The monoisotopic (exact) mass is 522 g/mol. The molecular weight excluding hydrogens is 504 g/mol. The smallest absolute Gasteiger partial charge is 0.170 e. The van der Waals surface area contributed by atoms with Gasteiger partial charge in [0.05, 0.1) is 0 Å². The average Bonchev–Trinajstić information content (AvgIpc) is 3.74. The summed E-state index contributed by atoms with van der Waals surface area (Å²) in [6.07, 6.45) is -0.549. The van der Waals surface area contributed by atoms with Gasteiger partial charge in [-0.25, -0.2) is 0 Å². The molecule has 190 valence electrons. The number of para-hydroxylation sites is 4.